The van der Waals surface area contributed by atoms with Gasteiger partial charge in [-0.3, -0.25) is 4.98 Å². The molecule has 3 nitrogen and oxygen atoms in total. The van der Waals surface area contributed by atoms with Crippen LogP contribution in [-0.2, 0) is 19.4 Å². The van der Waals surface area contributed by atoms with E-state index in [0.717, 1.165) is 18.5 Å². The highest BCUT2D eigenvalue weighted by Crippen LogP contribution is 2.22. The van der Waals surface area contributed by atoms with Crippen LogP contribution in [0, 0.1) is 5.82 Å². The van der Waals surface area contributed by atoms with Crippen LogP contribution in [0.3, 0.4) is 0 Å². The second kappa shape index (κ2) is 4.72. The zero-order chi connectivity index (χ0) is 12.4. The number of aryl methyl sites for hydroxylation is 2. The summed E-state index contributed by atoms with van der Waals surface area (Å²) in [6.45, 7) is 0.312. The highest BCUT2D eigenvalue weighted by atomic mass is 19.1. The van der Waals surface area contributed by atoms with Crippen molar-refractivity contribution >= 4 is 0 Å². The largest absolute Gasteiger partial charge is 0.471 e. The maximum Gasteiger partial charge on any atom is 0.213 e. The van der Waals surface area contributed by atoms with Crippen LogP contribution in [0.5, 0.6) is 5.88 Å². The lowest BCUT2D eigenvalue weighted by Gasteiger charge is -2.06. The van der Waals surface area contributed by atoms with Crippen LogP contribution in [0.4, 0.5) is 4.39 Å². The predicted octanol–water partition coefficient (Wildman–Crippen LogP) is 2.68. The molecule has 0 aliphatic heterocycles. The molecule has 0 saturated carbocycles. The van der Waals surface area contributed by atoms with Crippen molar-refractivity contribution < 1.29 is 9.13 Å². The minimum Gasteiger partial charge on any atom is -0.471 e. The maximum atomic E-state index is 12.7. The highest BCUT2D eigenvalue weighted by molar-refractivity contribution is 5.29. The molecule has 92 valence electrons. The van der Waals surface area contributed by atoms with Gasteiger partial charge in [0.15, 0.2) is 0 Å². The van der Waals surface area contributed by atoms with Crippen LogP contribution in [0.15, 0.2) is 30.5 Å². The van der Waals surface area contributed by atoms with E-state index in [9.17, 15) is 4.39 Å². The van der Waals surface area contributed by atoms with Crippen molar-refractivity contribution in [3.63, 3.8) is 0 Å². The van der Waals surface area contributed by atoms with Gasteiger partial charge in [-0.05, 0) is 37.0 Å². The van der Waals surface area contributed by atoms with Crippen molar-refractivity contribution in [2.24, 2.45) is 0 Å². The van der Waals surface area contributed by atoms with Crippen molar-refractivity contribution in [1.82, 2.24) is 9.97 Å². The van der Waals surface area contributed by atoms with E-state index < -0.39 is 0 Å². The Labute approximate surface area is 105 Å². The van der Waals surface area contributed by atoms with Crippen molar-refractivity contribution in [1.29, 1.82) is 0 Å². The first-order chi connectivity index (χ1) is 8.81. The molecular formula is C14H13FN2O. The van der Waals surface area contributed by atoms with E-state index in [1.807, 2.05) is 6.07 Å². The predicted molar refractivity (Wildman–Crippen MR) is 64.8 cm³/mol. The van der Waals surface area contributed by atoms with Crippen LogP contribution in [0.2, 0.25) is 0 Å². The highest BCUT2D eigenvalue weighted by Gasteiger charge is 2.12. The number of hydrogen-bond acceptors (Lipinski definition) is 3. The summed E-state index contributed by atoms with van der Waals surface area (Å²) >= 11 is 0. The molecule has 18 heavy (non-hydrogen) atoms. The summed E-state index contributed by atoms with van der Waals surface area (Å²) in [5.74, 6) is 0.274. The Balaban J connectivity index is 1.68. The first kappa shape index (κ1) is 11.1. The number of aromatic nitrogens is 2. The third kappa shape index (κ3) is 2.32. The van der Waals surface area contributed by atoms with Crippen molar-refractivity contribution in [3.05, 3.63) is 53.2 Å². The Bertz CT molecular complexity index is 554. The van der Waals surface area contributed by atoms with Crippen molar-refractivity contribution in [2.75, 3.05) is 0 Å². The van der Waals surface area contributed by atoms with E-state index in [0.29, 0.717) is 18.2 Å². The molecule has 1 aliphatic rings. The topological polar surface area (TPSA) is 35.0 Å². The monoisotopic (exact) mass is 244 g/mol. The minimum atomic E-state index is -0.339. The Morgan fingerprint density at radius 2 is 2.11 bits per heavy atom. The molecule has 0 amide bonds. The summed E-state index contributed by atoms with van der Waals surface area (Å²) in [6, 6.07) is 6.95. The molecule has 0 aromatic carbocycles. The van der Waals surface area contributed by atoms with Gasteiger partial charge >= 0.3 is 0 Å². The molecule has 4 heteroatoms. The summed E-state index contributed by atoms with van der Waals surface area (Å²) in [4.78, 5) is 8.40. The summed E-state index contributed by atoms with van der Waals surface area (Å²) < 4.78 is 18.2. The van der Waals surface area contributed by atoms with Gasteiger partial charge in [0.2, 0.25) is 5.88 Å². The van der Waals surface area contributed by atoms with Crippen molar-refractivity contribution in [3.8, 4) is 5.88 Å². The van der Waals surface area contributed by atoms with E-state index >= 15 is 0 Å². The van der Waals surface area contributed by atoms with Gasteiger partial charge in [0.25, 0.3) is 0 Å². The van der Waals surface area contributed by atoms with Gasteiger partial charge in [0, 0.05) is 11.8 Å². The zero-order valence-corrected chi connectivity index (χ0v) is 9.90. The molecule has 0 unspecified atom stereocenters. The summed E-state index contributed by atoms with van der Waals surface area (Å²) in [7, 11) is 0. The second-order valence-corrected chi connectivity index (χ2v) is 4.37. The molecule has 0 fully saturated rings. The maximum absolute atomic E-state index is 12.7. The fourth-order valence-electron chi connectivity index (χ4n) is 2.12. The fourth-order valence-corrected chi connectivity index (χ4v) is 2.12. The third-order valence-corrected chi connectivity index (χ3v) is 3.06. The molecule has 0 bridgehead atoms. The third-order valence-electron chi connectivity index (χ3n) is 3.06. The molecule has 0 saturated heterocycles. The lowest BCUT2D eigenvalue weighted by Crippen LogP contribution is -2.01. The molecule has 2 heterocycles. The van der Waals surface area contributed by atoms with Crippen LogP contribution in [-0.4, -0.2) is 9.97 Å². The van der Waals surface area contributed by atoms with E-state index in [1.54, 1.807) is 6.07 Å². The quantitative estimate of drug-likeness (QED) is 0.832. The van der Waals surface area contributed by atoms with Gasteiger partial charge in [-0.25, -0.2) is 9.37 Å². The van der Waals surface area contributed by atoms with Crippen LogP contribution < -0.4 is 4.74 Å². The molecule has 0 atom stereocenters. The van der Waals surface area contributed by atoms with Gasteiger partial charge in [-0.1, -0.05) is 6.07 Å². The Morgan fingerprint density at radius 1 is 1.17 bits per heavy atom. The fraction of sp³-hybridized carbons (Fsp3) is 0.286. The van der Waals surface area contributed by atoms with Crippen LogP contribution in [0.25, 0.3) is 0 Å². The Hall–Kier alpha value is -1.97. The lowest BCUT2D eigenvalue weighted by atomic mass is 10.2. The number of ether oxygens (including phenoxy) is 1. The van der Waals surface area contributed by atoms with Gasteiger partial charge in [0.1, 0.15) is 12.4 Å². The SMILES string of the molecule is Fc1ccc(COc2ccc3c(n2)CCC3)nc1. The van der Waals surface area contributed by atoms with Gasteiger partial charge in [-0.15, -0.1) is 0 Å². The first-order valence-corrected chi connectivity index (χ1v) is 6.03. The van der Waals surface area contributed by atoms with Gasteiger partial charge in [0.05, 0.1) is 11.9 Å². The normalized spacial score (nSPS) is 13.4. The standard InChI is InChI=1S/C14H13FN2O/c15-11-5-6-12(16-8-11)9-18-14-7-4-10-2-1-3-13(10)17-14/h4-8H,1-3,9H2. The Morgan fingerprint density at radius 3 is 2.94 bits per heavy atom. The smallest absolute Gasteiger partial charge is 0.213 e. The summed E-state index contributed by atoms with van der Waals surface area (Å²) in [6.07, 6.45) is 4.50. The summed E-state index contributed by atoms with van der Waals surface area (Å²) in [5.41, 5.74) is 3.15. The van der Waals surface area contributed by atoms with E-state index in [4.69, 9.17) is 4.74 Å². The molecule has 2 aromatic heterocycles. The number of rotatable bonds is 3. The first-order valence-electron chi connectivity index (χ1n) is 6.03. The summed E-state index contributed by atoms with van der Waals surface area (Å²) in [5, 5.41) is 0. The van der Waals surface area contributed by atoms with Gasteiger partial charge < -0.3 is 4.74 Å². The number of halogens is 1. The van der Waals surface area contributed by atoms with Crippen LogP contribution in [0.1, 0.15) is 23.4 Å². The molecule has 0 N–H and O–H groups in total. The van der Waals surface area contributed by atoms with E-state index in [-0.39, 0.29) is 5.82 Å². The number of fused-ring (bicyclic) bond motifs is 1. The van der Waals surface area contributed by atoms with E-state index in [1.165, 1.54) is 24.2 Å². The average Bonchev–Trinajstić information content (AvgIpc) is 2.85. The number of nitrogens with zero attached hydrogens (tertiary/aromatic N) is 2. The zero-order valence-electron chi connectivity index (χ0n) is 9.90. The molecule has 0 radical (unpaired) electrons. The average molecular weight is 244 g/mol. The molecule has 3 rings (SSSR count). The van der Waals surface area contributed by atoms with Crippen molar-refractivity contribution in [2.45, 2.75) is 25.9 Å². The Kier molecular flexibility index (Phi) is 2.92. The molecule has 0 spiro atoms. The number of pyridine rings is 2. The lowest BCUT2D eigenvalue weighted by molar-refractivity contribution is 0.288. The molecule has 1 aliphatic carbocycles. The van der Waals surface area contributed by atoms with Crippen LogP contribution >= 0.6 is 0 Å². The molecule has 2 aromatic rings. The van der Waals surface area contributed by atoms with Gasteiger partial charge in [-0.2, -0.15) is 0 Å². The minimum absolute atomic E-state index is 0.312. The second-order valence-electron chi connectivity index (χ2n) is 4.37. The van der Waals surface area contributed by atoms with E-state index in [2.05, 4.69) is 16.0 Å². The number of hydrogen-bond donors (Lipinski definition) is 0. The molecular weight excluding hydrogens is 231 g/mol.